The number of rotatable bonds is 4. The summed E-state index contributed by atoms with van der Waals surface area (Å²) in [6.45, 7) is 8.33. The lowest BCUT2D eigenvalue weighted by atomic mass is 9.94. The fourth-order valence-corrected chi connectivity index (χ4v) is 1.86. The van der Waals surface area contributed by atoms with E-state index < -0.39 is 0 Å². The third-order valence-corrected chi connectivity index (χ3v) is 2.59. The Balaban J connectivity index is 3.44. The molecule has 1 heteroatoms. The molecule has 0 nitrogen and oxygen atoms in total. The average molecular weight is 142 g/mol. The Kier molecular flexibility index (Phi) is 4.78. The summed E-state index contributed by atoms with van der Waals surface area (Å²) >= 11 is 0. The predicted octanol–water partition coefficient (Wildman–Crippen LogP) is 1.62. The van der Waals surface area contributed by atoms with Gasteiger partial charge in [-0.1, -0.05) is 32.4 Å². The molecule has 0 aromatic rings. The predicted molar refractivity (Wildman–Crippen MR) is 47.9 cm³/mol. The maximum atomic E-state index is 3.78. The number of hydrogen-bond acceptors (Lipinski definition) is 0. The lowest BCUT2D eigenvalue weighted by molar-refractivity contribution is 0.447. The van der Waals surface area contributed by atoms with Gasteiger partial charge < -0.3 is 0 Å². The monoisotopic (exact) mass is 142 g/mol. The lowest BCUT2D eigenvalue weighted by Gasteiger charge is -2.13. The summed E-state index contributed by atoms with van der Waals surface area (Å²) in [5.74, 6) is 1.55. The summed E-state index contributed by atoms with van der Waals surface area (Å²) in [5.41, 5.74) is 0. The zero-order valence-electron chi connectivity index (χ0n) is 6.85. The molecule has 0 spiro atoms. The highest BCUT2D eigenvalue weighted by atomic mass is 28.1. The first-order valence-corrected chi connectivity index (χ1v) is 5.26. The molecule has 0 aromatic heterocycles. The van der Waals surface area contributed by atoms with E-state index in [1.807, 2.05) is 0 Å². The summed E-state index contributed by atoms with van der Waals surface area (Å²) < 4.78 is 0. The average Bonchev–Trinajstić information content (AvgIpc) is 1.87. The van der Waals surface area contributed by atoms with Crippen molar-refractivity contribution in [1.82, 2.24) is 0 Å². The van der Waals surface area contributed by atoms with Gasteiger partial charge in [0.05, 0.1) is 0 Å². The largest absolute Gasteiger partial charge is 0.103 e. The van der Waals surface area contributed by atoms with Crippen LogP contribution in [0.5, 0.6) is 0 Å². The summed E-state index contributed by atoms with van der Waals surface area (Å²) in [7, 11) is 1.35. The van der Waals surface area contributed by atoms with E-state index in [1.165, 1.54) is 22.7 Å². The Bertz CT molecular complexity index is 78.6. The Labute approximate surface area is 61.8 Å². The maximum absolute atomic E-state index is 3.78. The highest BCUT2D eigenvalue weighted by Crippen LogP contribution is 2.16. The molecular formula is C8H18Si. The van der Waals surface area contributed by atoms with Gasteiger partial charge in [0.2, 0.25) is 0 Å². The van der Waals surface area contributed by atoms with Crippen LogP contribution in [0, 0.1) is 11.8 Å². The molecule has 0 bridgehead atoms. The molecule has 0 rings (SSSR count). The molecule has 0 aliphatic rings. The van der Waals surface area contributed by atoms with Crippen molar-refractivity contribution >= 4 is 10.2 Å². The van der Waals surface area contributed by atoms with Crippen LogP contribution in [0.3, 0.4) is 0 Å². The molecule has 2 atom stereocenters. The van der Waals surface area contributed by atoms with Crippen molar-refractivity contribution in [3.8, 4) is 0 Å². The van der Waals surface area contributed by atoms with E-state index in [-0.39, 0.29) is 0 Å². The van der Waals surface area contributed by atoms with E-state index in [0.29, 0.717) is 5.92 Å². The number of allylic oxidation sites excluding steroid dienone is 1. The molecule has 9 heavy (non-hydrogen) atoms. The molecule has 0 amide bonds. The lowest BCUT2D eigenvalue weighted by Crippen LogP contribution is -2.03. The molecule has 54 valence electrons. The molecular weight excluding hydrogens is 124 g/mol. The van der Waals surface area contributed by atoms with Crippen LogP contribution in [-0.2, 0) is 0 Å². The highest BCUT2D eigenvalue weighted by Gasteiger charge is 2.05. The molecule has 0 N–H and O–H groups in total. The topological polar surface area (TPSA) is 0 Å². The molecule has 0 radical (unpaired) electrons. The van der Waals surface area contributed by atoms with Gasteiger partial charge in [-0.05, 0) is 11.8 Å². The molecule has 0 heterocycles. The normalized spacial score (nSPS) is 17.1. The van der Waals surface area contributed by atoms with Gasteiger partial charge in [0, 0.05) is 10.2 Å². The van der Waals surface area contributed by atoms with Crippen LogP contribution in [0.25, 0.3) is 0 Å². The van der Waals surface area contributed by atoms with Crippen molar-refractivity contribution in [2.75, 3.05) is 0 Å². The molecule has 0 saturated carbocycles. The van der Waals surface area contributed by atoms with Gasteiger partial charge in [-0.3, -0.25) is 0 Å². The number of hydrogen-bond donors (Lipinski definition) is 0. The standard InChI is InChI=1S/C8H18Si/c1-4-7(2)8(3)5-6-9/h4,7-8H,1,5-6H2,2-3,9H3. The zero-order chi connectivity index (χ0) is 7.28. The van der Waals surface area contributed by atoms with Crippen LogP contribution in [0.1, 0.15) is 20.3 Å². The molecule has 0 aliphatic heterocycles. The minimum absolute atomic E-state index is 0.707. The van der Waals surface area contributed by atoms with Crippen molar-refractivity contribution < 1.29 is 0 Å². The first-order valence-electron chi connectivity index (χ1n) is 3.84. The molecule has 2 unspecified atom stereocenters. The SMILES string of the molecule is C=CC(C)C(C)CC[SiH3]. The first-order chi connectivity index (χ1) is 4.22. The van der Waals surface area contributed by atoms with Gasteiger partial charge in [0.1, 0.15) is 0 Å². The Hall–Kier alpha value is -0.0431. The van der Waals surface area contributed by atoms with E-state index in [9.17, 15) is 0 Å². The second kappa shape index (κ2) is 4.80. The highest BCUT2D eigenvalue weighted by molar-refractivity contribution is 6.08. The smallest absolute Gasteiger partial charge is 0.00281 e. The van der Waals surface area contributed by atoms with Crippen molar-refractivity contribution in [1.29, 1.82) is 0 Å². The Morgan fingerprint density at radius 2 is 2.11 bits per heavy atom. The van der Waals surface area contributed by atoms with Crippen LogP contribution in [0.2, 0.25) is 6.04 Å². The second-order valence-electron chi connectivity index (χ2n) is 2.86. The van der Waals surface area contributed by atoms with Crippen molar-refractivity contribution in [2.24, 2.45) is 11.8 Å². The van der Waals surface area contributed by atoms with E-state index in [1.54, 1.807) is 0 Å². The van der Waals surface area contributed by atoms with Gasteiger partial charge in [-0.15, -0.1) is 6.58 Å². The van der Waals surface area contributed by atoms with Crippen LogP contribution >= 0.6 is 0 Å². The van der Waals surface area contributed by atoms with Crippen LogP contribution in [0.15, 0.2) is 12.7 Å². The molecule has 0 aliphatic carbocycles. The second-order valence-corrected chi connectivity index (χ2v) is 3.86. The first kappa shape index (κ1) is 8.96. The summed E-state index contributed by atoms with van der Waals surface area (Å²) in [5, 5.41) is 0. The van der Waals surface area contributed by atoms with Gasteiger partial charge in [-0.2, -0.15) is 0 Å². The minimum Gasteiger partial charge on any atom is -0.103 e. The van der Waals surface area contributed by atoms with Gasteiger partial charge >= 0.3 is 0 Å². The van der Waals surface area contributed by atoms with E-state index in [0.717, 1.165) is 5.92 Å². The zero-order valence-corrected chi connectivity index (χ0v) is 8.85. The fraction of sp³-hybridized carbons (Fsp3) is 0.750. The van der Waals surface area contributed by atoms with Gasteiger partial charge in [-0.25, -0.2) is 0 Å². The third kappa shape index (κ3) is 3.52. The van der Waals surface area contributed by atoms with E-state index in [2.05, 4.69) is 26.5 Å². The van der Waals surface area contributed by atoms with Gasteiger partial charge in [0.25, 0.3) is 0 Å². The quantitative estimate of drug-likeness (QED) is 0.413. The van der Waals surface area contributed by atoms with E-state index in [4.69, 9.17) is 0 Å². The third-order valence-electron chi connectivity index (χ3n) is 2.01. The Morgan fingerprint density at radius 1 is 1.56 bits per heavy atom. The minimum atomic E-state index is 0.707. The van der Waals surface area contributed by atoms with E-state index >= 15 is 0 Å². The van der Waals surface area contributed by atoms with Crippen LogP contribution in [-0.4, -0.2) is 10.2 Å². The van der Waals surface area contributed by atoms with Gasteiger partial charge in [0.15, 0.2) is 0 Å². The van der Waals surface area contributed by atoms with Crippen molar-refractivity contribution in [3.63, 3.8) is 0 Å². The molecule has 0 saturated heterocycles. The summed E-state index contributed by atoms with van der Waals surface area (Å²) in [4.78, 5) is 0. The Morgan fingerprint density at radius 3 is 2.44 bits per heavy atom. The van der Waals surface area contributed by atoms with Crippen LogP contribution in [0.4, 0.5) is 0 Å². The molecule has 0 aromatic carbocycles. The van der Waals surface area contributed by atoms with Crippen molar-refractivity contribution in [3.05, 3.63) is 12.7 Å². The van der Waals surface area contributed by atoms with Crippen LogP contribution < -0.4 is 0 Å². The summed E-state index contributed by atoms with van der Waals surface area (Å²) in [6, 6.07) is 1.43. The fourth-order valence-electron chi connectivity index (χ4n) is 0.951. The van der Waals surface area contributed by atoms with Crippen molar-refractivity contribution in [2.45, 2.75) is 26.3 Å². The maximum Gasteiger partial charge on any atom is 0.00281 e. The summed E-state index contributed by atoms with van der Waals surface area (Å²) in [6.07, 6.45) is 3.45. The molecule has 0 fully saturated rings.